The Bertz CT molecular complexity index is 1050. The third-order valence-corrected chi connectivity index (χ3v) is 3.88. The molecule has 1 heterocycles. The van der Waals surface area contributed by atoms with Crippen molar-refractivity contribution in [1.29, 1.82) is 0 Å². The maximum absolute atomic E-state index is 12.0. The van der Waals surface area contributed by atoms with Crippen LogP contribution in [-0.4, -0.2) is 37.3 Å². The van der Waals surface area contributed by atoms with Gasteiger partial charge in [0, 0.05) is 16.1 Å². The van der Waals surface area contributed by atoms with Gasteiger partial charge in [0.2, 0.25) is 5.82 Å². The van der Waals surface area contributed by atoms with Crippen molar-refractivity contribution in [2.45, 2.75) is 6.54 Å². The molecule has 0 unspecified atom stereocenters. The highest BCUT2D eigenvalue weighted by Gasteiger charge is 2.12. The van der Waals surface area contributed by atoms with Crippen molar-refractivity contribution in [2.75, 3.05) is 0 Å². The molecule has 0 aliphatic carbocycles. The molecule has 3 rings (SSSR count). The molecule has 0 bridgehead atoms. The minimum atomic E-state index is -0.809. The standard InChI is InChI=1S/C16H12BrN7O4/c17-12-6-11(15(26)13(7-12)24(27)28)8-18-19-14(25)9-23-21-16(20-22-23)10-4-2-1-3-5-10/h1-8,26H,9H2,(H,19,25)/p-1/b18-8-. The summed E-state index contributed by atoms with van der Waals surface area (Å²) in [5, 5.41) is 38.2. The molecule has 3 aromatic rings. The molecule has 1 aromatic heterocycles. The average molecular weight is 445 g/mol. The summed E-state index contributed by atoms with van der Waals surface area (Å²) in [6.45, 7) is -0.250. The predicted octanol–water partition coefficient (Wildman–Crippen LogP) is 1.23. The van der Waals surface area contributed by atoms with Gasteiger partial charge in [-0.2, -0.15) is 9.90 Å². The Hall–Kier alpha value is -3.67. The lowest BCUT2D eigenvalue weighted by Gasteiger charge is -2.10. The number of aromatic nitrogens is 4. The zero-order valence-electron chi connectivity index (χ0n) is 14.0. The van der Waals surface area contributed by atoms with E-state index < -0.39 is 22.3 Å². The molecule has 11 nitrogen and oxygen atoms in total. The van der Waals surface area contributed by atoms with E-state index in [1.807, 2.05) is 30.3 Å². The van der Waals surface area contributed by atoms with E-state index in [2.05, 4.69) is 41.9 Å². The van der Waals surface area contributed by atoms with Gasteiger partial charge in [0.15, 0.2) is 0 Å². The van der Waals surface area contributed by atoms with E-state index in [-0.39, 0.29) is 12.1 Å². The lowest BCUT2D eigenvalue weighted by atomic mass is 10.2. The minimum absolute atomic E-state index is 0.0494. The van der Waals surface area contributed by atoms with E-state index in [1.54, 1.807) is 0 Å². The molecular weight excluding hydrogens is 434 g/mol. The van der Waals surface area contributed by atoms with Crippen LogP contribution in [0, 0.1) is 10.1 Å². The molecule has 12 heteroatoms. The normalized spacial score (nSPS) is 10.9. The van der Waals surface area contributed by atoms with Crippen LogP contribution in [0.3, 0.4) is 0 Å². The maximum atomic E-state index is 12.0. The Balaban J connectivity index is 1.64. The van der Waals surface area contributed by atoms with Crippen molar-refractivity contribution in [2.24, 2.45) is 5.10 Å². The van der Waals surface area contributed by atoms with Gasteiger partial charge in [-0.15, -0.1) is 10.2 Å². The number of nitro benzene ring substituents is 1. The number of hydrogen-bond acceptors (Lipinski definition) is 8. The zero-order chi connectivity index (χ0) is 20.1. The highest BCUT2D eigenvalue weighted by Crippen LogP contribution is 2.30. The topological polar surface area (TPSA) is 151 Å². The average Bonchev–Trinajstić information content (AvgIpc) is 3.13. The predicted molar refractivity (Wildman–Crippen MR) is 99.2 cm³/mol. The van der Waals surface area contributed by atoms with Gasteiger partial charge in [0.1, 0.15) is 6.54 Å². The number of nitrogens with zero attached hydrogens (tertiary/aromatic N) is 6. The van der Waals surface area contributed by atoms with Crippen molar-refractivity contribution in [1.82, 2.24) is 25.6 Å². The molecule has 28 heavy (non-hydrogen) atoms. The molecule has 142 valence electrons. The van der Waals surface area contributed by atoms with Crippen LogP contribution in [0.25, 0.3) is 11.4 Å². The molecule has 0 saturated heterocycles. The summed E-state index contributed by atoms with van der Waals surface area (Å²) in [5.41, 5.74) is 2.31. The number of amides is 1. The first-order valence-electron chi connectivity index (χ1n) is 7.74. The van der Waals surface area contributed by atoms with Crippen LogP contribution < -0.4 is 10.5 Å². The Morgan fingerprint density at radius 2 is 2.07 bits per heavy atom. The first-order valence-corrected chi connectivity index (χ1v) is 8.53. The Morgan fingerprint density at radius 3 is 2.79 bits per heavy atom. The second kappa shape index (κ2) is 8.35. The van der Waals surface area contributed by atoms with Crippen LogP contribution in [0.15, 0.2) is 52.0 Å². The van der Waals surface area contributed by atoms with E-state index >= 15 is 0 Å². The minimum Gasteiger partial charge on any atom is -0.867 e. The van der Waals surface area contributed by atoms with Crippen molar-refractivity contribution < 1.29 is 14.8 Å². The molecule has 1 amide bonds. The fourth-order valence-electron chi connectivity index (χ4n) is 2.18. The van der Waals surface area contributed by atoms with Gasteiger partial charge in [-0.1, -0.05) is 46.3 Å². The summed E-state index contributed by atoms with van der Waals surface area (Å²) in [7, 11) is 0. The van der Waals surface area contributed by atoms with Gasteiger partial charge < -0.3 is 5.11 Å². The lowest BCUT2D eigenvalue weighted by Crippen LogP contribution is -2.24. The van der Waals surface area contributed by atoms with E-state index in [4.69, 9.17) is 0 Å². The number of nitrogens with one attached hydrogen (secondary N) is 1. The summed E-state index contributed by atoms with van der Waals surface area (Å²) in [6, 6.07) is 11.6. The SMILES string of the molecule is O=C(Cn1nnc(-c2ccccc2)n1)N/N=C\c1cc(Br)cc([N+](=O)[O-])c1[O-]. The monoisotopic (exact) mass is 444 g/mol. The molecule has 0 aliphatic rings. The number of halogens is 1. The largest absolute Gasteiger partial charge is 0.867 e. The second-order valence-electron chi connectivity index (χ2n) is 5.40. The third kappa shape index (κ3) is 4.54. The molecule has 0 spiro atoms. The Kier molecular flexibility index (Phi) is 5.69. The summed E-state index contributed by atoms with van der Waals surface area (Å²) >= 11 is 3.08. The van der Waals surface area contributed by atoms with Crippen molar-refractivity contribution in [3.63, 3.8) is 0 Å². The Morgan fingerprint density at radius 1 is 1.32 bits per heavy atom. The number of tetrazole rings is 1. The fourth-order valence-corrected chi connectivity index (χ4v) is 2.65. The van der Waals surface area contributed by atoms with Gasteiger partial charge in [-0.3, -0.25) is 14.9 Å². The molecule has 0 radical (unpaired) electrons. The van der Waals surface area contributed by atoms with Crippen molar-refractivity contribution in [3.05, 3.63) is 62.6 Å². The molecule has 0 fully saturated rings. The summed E-state index contributed by atoms with van der Waals surface area (Å²) in [5.74, 6) is -1.00. The van der Waals surface area contributed by atoms with Crippen LogP contribution in [0.2, 0.25) is 0 Å². The lowest BCUT2D eigenvalue weighted by molar-refractivity contribution is -0.398. The number of hydrogen-bond donors (Lipinski definition) is 1. The highest BCUT2D eigenvalue weighted by atomic mass is 79.9. The van der Waals surface area contributed by atoms with Gasteiger partial charge in [-0.25, -0.2) is 5.43 Å². The quantitative estimate of drug-likeness (QED) is 0.340. The van der Waals surface area contributed by atoms with Crippen LogP contribution >= 0.6 is 15.9 Å². The first-order chi connectivity index (χ1) is 13.4. The van der Waals surface area contributed by atoms with E-state index in [0.29, 0.717) is 10.3 Å². The van der Waals surface area contributed by atoms with Gasteiger partial charge in [0.25, 0.3) is 11.6 Å². The summed E-state index contributed by atoms with van der Waals surface area (Å²) in [6.07, 6.45) is 1.03. The number of carbonyl (C=O) groups is 1. The second-order valence-corrected chi connectivity index (χ2v) is 6.32. The molecule has 1 N–H and O–H groups in total. The van der Waals surface area contributed by atoms with Crippen molar-refractivity contribution in [3.8, 4) is 17.1 Å². The first kappa shape index (κ1) is 19.1. The molecular formula is C16H11BrN7O4-. The summed E-state index contributed by atoms with van der Waals surface area (Å²) in [4.78, 5) is 23.1. The van der Waals surface area contributed by atoms with Gasteiger partial charge in [0.05, 0.1) is 11.1 Å². The molecule has 0 aliphatic heterocycles. The number of hydrazone groups is 1. The Labute approximate surface area is 166 Å². The fraction of sp³-hybridized carbons (Fsp3) is 0.0625. The maximum Gasteiger partial charge on any atom is 0.263 e. The number of carbonyl (C=O) groups excluding carboxylic acids is 1. The van der Waals surface area contributed by atoms with Crippen LogP contribution in [0.5, 0.6) is 5.75 Å². The number of benzene rings is 2. The van der Waals surface area contributed by atoms with E-state index in [9.17, 15) is 20.0 Å². The van der Waals surface area contributed by atoms with Gasteiger partial charge >= 0.3 is 0 Å². The van der Waals surface area contributed by atoms with Crippen LogP contribution in [0.4, 0.5) is 5.69 Å². The van der Waals surface area contributed by atoms with Crippen LogP contribution in [-0.2, 0) is 11.3 Å². The highest BCUT2D eigenvalue weighted by molar-refractivity contribution is 9.10. The van der Waals surface area contributed by atoms with Crippen molar-refractivity contribution >= 4 is 33.7 Å². The molecule has 0 saturated carbocycles. The zero-order valence-corrected chi connectivity index (χ0v) is 15.6. The summed E-state index contributed by atoms with van der Waals surface area (Å²) < 4.78 is 0.340. The van der Waals surface area contributed by atoms with E-state index in [1.165, 1.54) is 6.07 Å². The molecule has 2 aromatic carbocycles. The third-order valence-electron chi connectivity index (χ3n) is 3.42. The smallest absolute Gasteiger partial charge is 0.263 e. The number of nitro groups is 1. The van der Waals surface area contributed by atoms with Gasteiger partial charge in [-0.05, 0) is 22.6 Å². The van der Waals surface area contributed by atoms with Crippen LogP contribution in [0.1, 0.15) is 5.56 Å². The molecule has 0 atom stereocenters. The van der Waals surface area contributed by atoms with E-state index in [0.717, 1.165) is 22.6 Å². The number of rotatable bonds is 6.